The first-order valence-electron chi connectivity index (χ1n) is 27.2. The Morgan fingerprint density at radius 2 is 0.541 bits per heavy atom. The minimum absolute atomic E-state index is 0.0654. The van der Waals surface area contributed by atoms with Gasteiger partial charge in [0.05, 0.1) is 0 Å². The molecule has 0 N–H and O–H groups in total. The standard InChI is InChI=1S/C55H104O6/c1-4-7-10-13-16-19-21-23-25-26-27-28-30-31-33-36-39-42-45-48-54(57)60-51-52(50-59-53(56)47-44-41-38-35-18-15-12-9-6-3)61-55(58)49-46-43-40-37-34-32-29-24-22-20-17-14-11-8-5-2/h23,25,52H,4-22,24,26-51H2,1-3H3/b25-23-. The van der Waals surface area contributed by atoms with Crippen LogP contribution in [0.25, 0.3) is 0 Å². The Balaban J connectivity index is 4.24. The average molecular weight is 861 g/mol. The summed E-state index contributed by atoms with van der Waals surface area (Å²) in [4.78, 5) is 37.9. The summed E-state index contributed by atoms with van der Waals surface area (Å²) in [5, 5.41) is 0. The van der Waals surface area contributed by atoms with Gasteiger partial charge in [0, 0.05) is 19.3 Å². The molecule has 0 aliphatic rings. The Labute approximate surface area is 380 Å². The summed E-state index contributed by atoms with van der Waals surface area (Å²) in [7, 11) is 0. The lowest BCUT2D eigenvalue weighted by molar-refractivity contribution is -0.167. The third kappa shape index (κ3) is 49.0. The Morgan fingerprint density at radius 3 is 0.820 bits per heavy atom. The Hall–Kier alpha value is -1.85. The lowest BCUT2D eigenvalue weighted by Gasteiger charge is -2.18. The van der Waals surface area contributed by atoms with E-state index in [1.807, 2.05) is 0 Å². The minimum Gasteiger partial charge on any atom is -0.462 e. The van der Waals surface area contributed by atoms with Crippen molar-refractivity contribution in [1.82, 2.24) is 0 Å². The fraction of sp³-hybridized carbons (Fsp3) is 0.909. The van der Waals surface area contributed by atoms with E-state index in [1.54, 1.807) is 0 Å². The maximum atomic E-state index is 12.8. The van der Waals surface area contributed by atoms with E-state index in [9.17, 15) is 14.4 Å². The third-order valence-electron chi connectivity index (χ3n) is 12.3. The Bertz CT molecular complexity index is 947. The van der Waals surface area contributed by atoms with E-state index >= 15 is 0 Å². The molecule has 0 aromatic rings. The second-order valence-electron chi connectivity index (χ2n) is 18.5. The third-order valence-corrected chi connectivity index (χ3v) is 12.3. The molecule has 61 heavy (non-hydrogen) atoms. The van der Waals surface area contributed by atoms with Crippen LogP contribution in [0.4, 0.5) is 0 Å². The molecule has 360 valence electrons. The molecule has 0 heterocycles. The summed E-state index contributed by atoms with van der Waals surface area (Å²) in [5.74, 6) is -0.851. The number of ether oxygens (including phenoxy) is 3. The van der Waals surface area contributed by atoms with Gasteiger partial charge in [0.25, 0.3) is 0 Å². The molecule has 0 radical (unpaired) electrons. The van der Waals surface area contributed by atoms with E-state index in [0.717, 1.165) is 57.8 Å². The number of allylic oxidation sites excluding steroid dienone is 2. The second kappa shape index (κ2) is 50.8. The maximum Gasteiger partial charge on any atom is 0.306 e. The Morgan fingerprint density at radius 1 is 0.311 bits per heavy atom. The smallest absolute Gasteiger partial charge is 0.306 e. The maximum absolute atomic E-state index is 12.8. The highest BCUT2D eigenvalue weighted by atomic mass is 16.6. The summed E-state index contributed by atoms with van der Waals surface area (Å²) < 4.78 is 16.8. The molecular formula is C55H104O6. The molecular weight excluding hydrogens is 757 g/mol. The topological polar surface area (TPSA) is 78.9 Å². The van der Waals surface area contributed by atoms with E-state index in [4.69, 9.17) is 14.2 Å². The summed E-state index contributed by atoms with van der Waals surface area (Å²) in [6, 6.07) is 0. The van der Waals surface area contributed by atoms with Crippen LogP contribution < -0.4 is 0 Å². The van der Waals surface area contributed by atoms with Crippen LogP contribution in [0.1, 0.15) is 303 Å². The zero-order chi connectivity index (χ0) is 44.4. The van der Waals surface area contributed by atoms with Crippen LogP contribution in [-0.2, 0) is 28.6 Å². The highest BCUT2D eigenvalue weighted by Crippen LogP contribution is 2.16. The van der Waals surface area contributed by atoms with Gasteiger partial charge in [-0.15, -0.1) is 0 Å². The minimum atomic E-state index is -0.763. The predicted molar refractivity (Wildman–Crippen MR) is 261 cm³/mol. The summed E-state index contributed by atoms with van der Waals surface area (Å²) in [6.45, 7) is 6.66. The summed E-state index contributed by atoms with van der Waals surface area (Å²) >= 11 is 0. The molecule has 0 aliphatic carbocycles. The van der Waals surface area contributed by atoms with Gasteiger partial charge in [0.1, 0.15) is 13.2 Å². The molecule has 0 aromatic carbocycles. The van der Waals surface area contributed by atoms with Gasteiger partial charge < -0.3 is 14.2 Å². The van der Waals surface area contributed by atoms with Crippen LogP contribution in [0.3, 0.4) is 0 Å². The first-order chi connectivity index (χ1) is 30.0. The van der Waals surface area contributed by atoms with Crippen LogP contribution in [0.2, 0.25) is 0 Å². The summed E-state index contributed by atoms with van der Waals surface area (Å²) in [6.07, 6.45) is 56.3. The van der Waals surface area contributed by atoms with Gasteiger partial charge in [-0.05, 0) is 44.9 Å². The van der Waals surface area contributed by atoms with Crippen molar-refractivity contribution in [1.29, 1.82) is 0 Å². The van der Waals surface area contributed by atoms with Crippen molar-refractivity contribution in [3.05, 3.63) is 12.2 Å². The van der Waals surface area contributed by atoms with Crippen LogP contribution >= 0.6 is 0 Å². The fourth-order valence-corrected chi connectivity index (χ4v) is 8.14. The van der Waals surface area contributed by atoms with E-state index in [0.29, 0.717) is 19.3 Å². The highest BCUT2D eigenvalue weighted by Gasteiger charge is 2.19. The highest BCUT2D eigenvalue weighted by molar-refractivity contribution is 5.71. The quantitative estimate of drug-likeness (QED) is 0.0262. The lowest BCUT2D eigenvalue weighted by atomic mass is 10.0. The average Bonchev–Trinajstić information content (AvgIpc) is 3.26. The van der Waals surface area contributed by atoms with Crippen LogP contribution in [0.5, 0.6) is 0 Å². The molecule has 1 atom stereocenters. The van der Waals surface area contributed by atoms with Gasteiger partial charge in [-0.3, -0.25) is 14.4 Å². The van der Waals surface area contributed by atoms with E-state index < -0.39 is 6.10 Å². The molecule has 0 spiro atoms. The number of hydrogen-bond acceptors (Lipinski definition) is 6. The zero-order valence-electron chi connectivity index (χ0n) is 41.2. The zero-order valence-corrected chi connectivity index (χ0v) is 41.2. The van der Waals surface area contributed by atoms with Gasteiger partial charge >= 0.3 is 17.9 Å². The number of carbonyl (C=O) groups excluding carboxylic acids is 3. The number of unbranched alkanes of at least 4 members (excludes halogenated alkanes) is 37. The first-order valence-corrected chi connectivity index (χ1v) is 27.2. The molecule has 0 aromatic heterocycles. The lowest BCUT2D eigenvalue weighted by Crippen LogP contribution is -2.30. The second-order valence-corrected chi connectivity index (χ2v) is 18.5. The number of carbonyl (C=O) groups is 3. The molecule has 6 nitrogen and oxygen atoms in total. The van der Waals surface area contributed by atoms with Gasteiger partial charge in [-0.25, -0.2) is 0 Å². The fourth-order valence-electron chi connectivity index (χ4n) is 8.14. The van der Waals surface area contributed by atoms with Gasteiger partial charge in [0.2, 0.25) is 0 Å². The van der Waals surface area contributed by atoms with Crippen molar-refractivity contribution in [2.75, 3.05) is 13.2 Å². The molecule has 0 aliphatic heterocycles. The summed E-state index contributed by atoms with van der Waals surface area (Å²) in [5.41, 5.74) is 0. The largest absolute Gasteiger partial charge is 0.462 e. The van der Waals surface area contributed by atoms with Crippen molar-refractivity contribution in [2.45, 2.75) is 309 Å². The van der Waals surface area contributed by atoms with Gasteiger partial charge in [-0.1, -0.05) is 251 Å². The van der Waals surface area contributed by atoms with Crippen LogP contribution in [0, 0.1) is 0 Å². The molecule has 0 saturated heterocycles. The van der Waals surface area contributed by atoms with Crippen molar-refractivity contribution in [3.8, 4) is 0 Å². The molecule has 1 unspecified atom stereocenters. The molecule has 0 saturated carbocycles. The van der Waals surface area contributed by atoms with Crippen molar-refractivity contribution in [2.24, 2.45) is 0 Å². The van der Waals surface area contributed by atoms with Gasteiger partial charge in [0.15, 0.2) is 6.10 Å². The number of hydrogen-bond donors (Lipinski definition) is 0. The Kier molecular flexibility index (Phi) is 49.3. The van der Waals surface area contributed by atoms with Gasteiger partial charge in [-0.2, -0.15) is 0 Å². The van der Waals surface area contributed by atoms with Crippen molar-refractivity contribution >= 4 is 17.9 Å². The molecule has 0 fully saturated rings. The molecule has 0 bridgehead atoms. The first kappa shape index (κ1) is 59.1. The van der Waals surface area contributed by atoms with E-state index in [2.05, 4.69) is 32.9 Å². The van der Waals surface area contributed by atoms with E-state index in [-0.39, 0.29) is 31.1 Å². The van der Waals surface area contributed by atoms with Crippen LogP contribution in [0.15, 0.2) is 12.2 Å². The van der Waals surface area contributed by atoms with E-state index in [1.165, 1.54) is 205 Å². The molecule has 0 amide bonds. The normalized spacial score (nSPS) is 12.0. The molecule has 0 rings (SSSR count). The SMILES string of the molecule is CCCCCCCC/C=C\CCCCCCCCCCCC(=O)OCC(COC(=O)CCCCCCCCCCC)OC(=O)CCCCCCCCCCCCCCCCC. The monoisotopic (exact) mass is 861 g/mol. The van der Waals surface area contributed by atoms with Crippen molar-refractivity contribution in [3.63, 3.8) is 0 Å². The van der Waals surface area contributed by atoms with Crippen molar-refractivity contribution < 1.29 is 28.6 Å². The predicted octanol–water partition coefficient (Wildman–Crippen LogP) is 17.8. The van der Waals surface area contributed by atoms with Crippen LogP contribution in [-0.4, -0.2) is 37.2 Å². The number of esters is 3. The number of rotatable bonds is 50. The molecule has 6 heteroatoms.